The van der Waals surface area contributed by atoms with Crippen LogP contribution in [-0.4, -0.2) is 88.5 Å². The van der Waals surface area contributed by atoms with Gasteiger partial charge in [0.1, 0.15) is 36.7 Å². The second-order valence-corrected chi connectivity index (χ2v) is 8.84. The lowest BCUT2D eigenvalue weighted by Crippen LogP contribution is -2.28. The summed E-state index contributed by atoms with van der Waals surface area (Å²) < 4.78 is 23.7. The first-order valence-electron chi connectivity index (χ1n) is 12.2. The van der Waals surface area contributed by atoms with Crippen molar-refractivity contribution < 1.29 is 34.0 Å². The molecule has 5 N–H and O–H groups in total. The number of alkyl carbamates (subject to hydrolysis) is 1. The molecule has 2 aromatic rings. The summed E-state index contributed by atoms with van der Waals surface area (Å²) in [6.45, 7) is 1.93. The molecule has 1 amide bonds. The minimum absolute atomic E-state index is 0.0643. The number of unbranched alkanes of at least 4 members (excludes halogenated alkanes) is 3. The zero-order valence-corrected chi connectivity index (χ0v) is 21.1. The Morgan fingerprint density at radius 3 is 2.72 bits per heavy atom. The molecule has 3 rings (SSSR count). The molecule has 1 aliphatic heterocycles. The molecule has 0 spiro atoms. The molecule has 3 heterocycles. The molecule has 3 unspecified atom stereocenters. The van der Waals surface area contributed by atoms with Gasteiger partial charge in [0.15, 0.2) is 0 Å². The molecule has 2 aromatic heterocycles. The Hall–Kier alpha value is -2.22. The van der Waals surface area contributed by atoms with E-state index in [0.29, 0.717) is 55.4 Å². The van der Waals surface area contributed by atoms with E-state index in [-0.39, 0.29) is 25.5 Å². The van der Waals surface area contributed by atoms with Gasteiger partial charge in [0.25, 0.3) is 0 Å². The summed E-state index contributed by atoms with van der Waals surface area (Å²) in [7, 11) is 0. The number of nitrogens with two attached hydrogens (primary N) is 1. The summed E-state index contributed by atoms with van der Waals surface area (Å²) >= 11 is 5.64. The lowest BCUT2D eigenvalue weighted by molar-refractivity contribution is -0.0431. The van der Waals surface area contributed by atoms with Gasteiger partial charge in [-0.1, -0.05) is 12.8 Å². The molecule has 0 bridgehead atoms. The van der Waals surface area contributed by atoms with Crippen molar-refractivity contribution in [3.8, 4) is 0 Å². The molecule has 1 fully saturated rings. The van der Waals surface area contributed by atoms with Crippen molar-refractivity contribution in [3.05, 3.63) is 18.1 Å². The Morgan fingerprint density at radius 2 is 1.97 bits per heavy atom. The Bertz CT molecular complexity index is 947. The van der Waals surface area contributed by atoms with Gasteiger partial charge in [-0.25, -0.2) is 14.8 Å². The average Bonchev–Trinajstić information content (AvgIpc) is 3.44. The van der Waals surface area contributed by atoms with E-state index in [9.17, 15) is 15.0 Å². The normalized spacial score (nSPS) is 19.7. The van der Waals surface area contributed by atoms with Crippen LogP contribution in [0.1, 0.15) is 43.9 Å². The Balaban J connectivity index is 1.38. The maximum atomic E-state index is 12.1. The maximum absolute atomic E-state index is 12.1. The molecule has 0 aromatic carbocycles. The number of amides is 1. The van der Waals surface area contributed by atoms with E-state index in [4.69, 9.17) is 36.3 Å². The van der Waals surface area contributed by atoms with Crippen molar-refractivity contribution in [2.75, 3.05) is 51.2 Å². The van der Waals surface area contributed by atoms with Crippen molar-refractivity contribution in [1.29, 1.82) is 0 Å². The second-order valence-electron chi connectivity index (χ2n) is 8.46. The van der Waals surface area contributed by atoms with Crippen molar-refractivity contribution in [2.24, 2.45) is 0 Å². The molecule has 12 nitrogen and oxygen atoms in total. The number of fused-ring (bicyclic) bond motifs is 1. The van der Waals surface area contributed by atoms with Crippen LogP contribution in [0.25, 0.3) is 11.0 Å². The number of carbonyl (C=O) groups is 1. The monoisotopic (exact) mass is 529 g/mol. The van der Waals surface area contributed by atoms with Crippen molar-refractivity contribution in [1.82, 2.24) is 19.9 Å². The topological polar surface area (TPSA) is 163 Å². The van der Waals surface area contributed by atoms with Crippen LogP contribution in [0.4, 0.5) is 10.6 Å². The molecular formula is C23H36ClN5O7. The highest BCUT2D eigenvalue weighted by atomic mass is 35.5. The minimum Gasteiger partial charge on any atom is -0.445 e. The maximum Gasteiger partial charge on any atom is 0.407 e. The van der Waals surface area contributed by atoms with Gasteiger partial charge in [0.05, 0.1) is 37.9 Å². The molecular weight excluding hydrogens is 494 g/mol. The van der Waals surface area contributed by atoms with Crippen LogP contribution in [0.2, 0.25) is 0 Å². The fourth-order valence-electron chi connectivity index (χ4n) is 3.96. The first-order chi connectivity index (χ1) is 17.5. The number of nitrogens with zero attached hydrogens (tertiary/aromatic N) is 3. The zero-order chi connectivity index (χ0) is 25.8. The quantitative estimate of drug-likeness (QED) is 0.186. The summed E-state index contributed by atoms with van der Waals surface area (Å²) in [6.07, 6.45) is 4.97. The second kappa shape index (κ2) is 15.1. The van der Waals surface area contributed by atoms with E-state index in [2.05, 4.69) is 15.3 Å². The lowest BCUT2D eigenvalue weighted by Gasteiger charge is -2.14. The van der Waals surface area contributed by atoms with Gasteiger partial charge < -0.3 is 44.8 Å². The Kier molecular flexibility index (Phi) is 11.9. The summed E-state index contributed by atoms with van der Waals surface area (Å²) in [6, 6.07) is 0. The molecule has 202 valence electrons. The lowest BCUT2D eigenvalue weighted by atomic mass is 10.2. The fourth-order valence-corrected chi connectivity index (χ4v) is 4.15. The molecule has 3 atom stereocenters. The Labute approximate surface area is 215 Å². The molecule has 0 radical (unpaired) electrons. The fraction of sp³-hybridized carbons (Fsp3) is 0.696. The van der Waals surface area contributed by atoms with Crippen molar-refractivity contribution in [3.63, 3.8) is 0 Å². The predicted octanol–water partition coefficient (Wildman–Crippen LogP) is 1.71. The number of nitrogen functional groups attached to an aromatic ring is 1. The van der Waals surface area contributed by atoms with E-state index < -0.39 is 24.5 Å². The van der Waals surface area contributed by atoms with E-state index in [1.165, 1.54) is 6.33 Å². The average molecular weight is 530 g/mol. The summed E-state index contributed by atoms with van der Waals surface area (Å²) in [5.41, 5.74) is 7.14. The number of ether oxygens (including phenoxy) is 4. The number of nitrogens with one attached hydrogen (secondary N) is 1. The third-order valence-corrected chi connectivity index (χ3v) is 6.10. The number of aromatic nitrogens is 3. The highest BCUT2D eigenvalue weighted by Crippen LogP contribution is 2.34. The molecule has 0 saturated carbocycles. The smallest absolute Gasteiger partial charge is 0.407 e. The molecule has 0 aliphatic carbocycles. The third kappa shape index (κ3) is 8.15. The number of hydrogen-bond donors (Lipinski definition) is 4. The van der Waals surface area contributed by atoms with E-state index in [1.807, 2.05) is 0 Å². The van der Waals surface area contributed by atoms with Crippen molar-refractivity contribution in [2.45, 2.75) is 57.1 Å². The standard InChI is InChI=1S/C23H36ClN5O7/c24-5-3-1-2-4-7-33-9-10-34-8-6-26-23(32)35-14-16-12-29(19-11-17(31)18(13-30)36-19)22-20(16)21(25)27-15-28-22/h12,15,17-19,30-31H,1-11,13-14H2,(H,26,32)(H2,25,27,28). The predicted molar refractivity (Wildman–Crippen MR) is 133 cm³/mol. The van der Waals surface area contributed by atoms with E-state index in [1.54, 1.807) is 10.8 Å². The van der Waals surface area contributed by atoms with Crippen LogP contribution in [0.3, 0.4) is 0 Å². The van der Waals surface area contributed by atoms with Crippen LogP contribution < -0.4 is 11.1 Å². The Morgan fingerprint density at radius 1 is 1.19 bits per heavy atom. The summed E-state index contributed by atoms with van der Waals surface area (Å²) in [5, 5.41) is 22.6. The summed E-state index contributed by atoms with van der Waals surface area (Å²) in [5.74, 6) is 0.944. The molecule has 1 aliphatic rings. The van der Waals surface area contributed by atoms with Crippen LogP contribution in [0.5, 0.6) is 0 Å². The van der Waals surface area contributed by atoms with Crippen LogP contribution in [0, 0.1) is 0 Å². The largest absolute Gasteiger partial charge is 0.445 e. The van der Waals surface area contributed by atoms with E-state index in [0.717, 1.165) is 25.7 Å². The van der Waals surface area contributed by atoms with Crippen LogP contribution in [0.15, 0.2) is 12.5 Å². The van der Waals surface area contributed by atoms with Crippen molar-refractivity contribution >= 4 is 34.5 Å². The first kappa shape index (κ1) is 28.4. The van der Waals surface area contributed by atoms with Gasteiger partial charge in [-0.2, -0.15) is 0 Å². The number of carbonyl (C=O) groups excluding carboxylic acids is 1. The number of halogens is 1. The minimum atomic E-state index is -0.804. The number of anilines is 1. The highest BCUT2D eigenvalue weighted by Gasteiger charge is 2.35. The number of rotatable bonds is 16. The molecule has 36 heavy (non-hydrogen) atoms. The number of alkyl halides is 1. The van der Waals surface area contributed by atoms with Gasteiger partial charge in [-0.3, -0.25) is 0 Å². The molecule has 13 heteroatoms. The van der Waals surface area contributed by atoms with Crippen LogP contribution >= 0.6 is 11.6 Å². The third-order valence-electron chi connectivity index (χ3n) is 5.83. The van der Waals surface area contributed by atoms with Gasteiger partial charge in [0, 0.05) is 37.2 Å². The zero-order valence-electron chi connectivity index (χ0n) is 20.3. The number of aliphatic hydroxyl groups excluding tert-OH is 2. The summed E-state index contributed by atoms with van der Waals surface area (Å²) in [4.78, 5) is 20.4. The first-order valence-corrected chi connectivity index (χ1v) is 12.7. The van der Waals surface area contributed by atoms with Gasteiger partial charge in [-0.05, 0) is 12.8 Å². The molecule has 1 saturated heterocycles. The number of hydrogen-bond acceptors (Lipinski definition) is 10. The van der Waals surface area contributed by atoms with Gasteiger partial charge in [-0.15, -0.1) is 11.6 Å². The van der Waals surface area contributed by atoms with E-state index >= 15 is 0 Å². The highest BCUT2D eigenvalue weighted by molar-refractivity contribution is 6.17. The van der Waals surface area contributed by atoms with Crippen LogP contribution in [-0.2, 0) is 25.6 Å². The van der Waals surface area contributed by atoms with Gasteiger partial charge in [0.2, 0.25) is 0 Å². The number of aliphatic hydroxyl groups is 2. The SMILES string of the molecule is Nc1ncnc2c1c(COC(=O)NCCOCCOCCCCCCCl)cn2C1CC(O)C(CO)O1. The van der Waals surface area contributed by atoms with Gasteiger partial charge >= 0.3 is 6.09 Å².